The number of alkyl halides is 3. The molecule has 2 aliphatic rings. The largest absolute Gasteiger partial charge is 0.393 e. The van der Waals surface area contributed by atoms with Gasteiger partial charge in [0.15, 0.2) is 0 Å². The molecule has 7 heteroatoms. The van der Waals surface area contributed by atoms with Gasteiger partial charge in [0.05, 0.1) is 11.8 Å². The Morgan fingerprint density at radius 2 is 2.05 bits per heavy atom. The second kappa shape index (κ2) is 5.38. The van der Waals surface area contributed by atoms with Crippen LogP contribution in [0.2, 0.25) is 0 Å². The highest BCUT2D eigenvalue weighted by Crippen LogP contribution is 2.33. The van der Waals surface area contributed by atoms with Crippen LogP contribution in [0.5, 0.6) is 0 Å². The second-order valence-corrected chi connectivity index (χ2v) is 5.20. The van der Waals surface area contributed by atoms with Crippen molar-refractivity contribution >= 4 is 11.8 Å². The Bertz CT molecular complexity index is 360. The molecule has 0 spiro atoms. The summed E-state index contributed by atoms with van der Waals surface area (Å²) >= 11 is 0. The monoisotopic (exact) mass is 278 g/mol. The quantitative estimate of drug-likeness (QED) is 0.786. The zero-order chi connectivity index (χ0) is 14.0. The average molecular weight is 278 g/mol. The van der Waals surface area contributed by atoms with Crippen LogP contribution in [0.25, 0.3) is 0 Å². The molecule has 2 fully saturated rings. The summed E-state index contributed by atoms with van der Waals surface area (Å²) in [6, 6.07) is 0. The summed E-state index contributed by atoms with van der Waals surface area (Å²) in [6.07, 6.45) is -3.06. The van der Waals surface area contributed by atoms with Crippen LogP contribution < -0.4 is 5.32 Å². The van der Waals surface area contributed by atoms with Gasteiger partial charge in [-0.2, -0.15) is 13.2 Å². The molecular weight excluding hydrogens is 261 g/mol. The number of nitrogens with one attached hydrogen (secondary N) is 1. The van der Waals surface area contributed by atoms with Gasteiger partial charge in [-0.15, -0.1) is 0 Å². The van der Waals surface area contributed by atoms with Crippen LogP contribution in [0.15, 0.2) is 0 Å². The summed E-state index contributed by atoms with van der Waals surface area (Å²) in [4.78, 5) is 24.5. The molecule has 4 nitrogen and oxygen atoms in total. The minimum absolute atomic E-state index is 0.0919. The Kier molecular flexibility index (Phi) is 4.01. The fourth-order valence-corrected chi connectivity index (χ4v) is 2.65. The number of halogens is 3. The number of likely N-dealkylation sites (tertiary alicyclic amines) is 1. The summed E-state index contributed by atoms with van der Waals surface area (Å²) in [6.45, 7) is 0.382. The second-order valence-electron chi connectivity index (χ2n) is 5.20. The molecule has 0 bridgehead atoms. The molecule has 2 heterocycles. The van der Waals surface area contributed by atoms with Crippen LogP contribution in [0.4, 0.5) is 13.2 Å². The van der Waals surface area contributed by atoms with Crippen molar-refractivity contribution in [3.05, 3.63) is 0 Å². The summed E-state index contributed by atoms with van der Waals surface area (Å²) in [5, 5.41) is 2.58. The fourth-order valence-electron chi connectivity index (χ4n) is 2.65. The molecule has 0 unspecified atom stereocenters. The van der Waals surface area contributed by atoms with Gasteiger partial charge >= 0.3 is 6.18 Å². The van der Waals surface area contributed by atoms with Gasteiger partial charge in [0, 0.05) is 26.1 Å². The van der Waals surface area contributed by atoms with Crippen molar-refractivity contribution in [2.24, 2.45) is 11.8 Å². The molecule has 2 rings (SSSR count). The van der Waals surface area contributed by atoms with Crippen molar-refractivity contribution in [3.8, 4) is 0 Å². The molecule has 0 aromatic heterocycles. The molecule has 2 atom stereocenters. The third-order valence-corrected chi connectivity index (χ3v) is 3.81. The Labute approximate surface area is 109 Å². The number of piperidine rings is 2. The molecule has 1 N–H and O–H groups in total. The fraction of sp³-hybridized carbons (Fsp3) is 0.833. The van der Waals surface area contributed by atoms with Gasteiger partial charge in [-0.25, -0.2) is 0 Å². The number of carbonyl (C=O) groups excluding carboxylic acids is 2. The number of rotatable bonds is 1. The van der Waals surface area contributed by atoms with E-state index in [2.05, 4.69) is 5.32 Å². The molecule has 0 aromatic carbocycles. The zero-order valence-corrected chi connectivity index (χ0v) is 10.5. The maximum Gasteiger partial charge on any atom is 0.393 e. The third-order valence-electron chi connectivity index (χ3n) is 3.81. The number of hydrogen-bond donors (Lipinski definition) is 1. The average Bonchev–Trinajstić information content (AvgIpc) is 2.38. The van der Waals surface area contributed by atoms with Gasteiger partial charge < -0.3 is 10.2 Å². The van der Waals surface area contributed by atoms with Crippen LogP contribution in [-0.2, 0) is 9.59 Å². The van der Waals surface area contributed by atoms with E-state index < -0.39 is 12.1 Å². The van der Waals surface area contributed by atoms with Crippen LogP contribution in [0.3, 0.4) is 0 Å². The molecule has 0 radical (unpaired) electrons. The van der Waals surface area contributed by atoms with Crippen LogP contribution >= 0.6 is 0 Å². The Balaban J connectivity index is 1.93. The molecule has 19 heavy (non-hydrogen) atoms. The van der Waals surface area contributed by atoms with Crippen LogP contribution in [0.1, 0.15) is 25.7 Å². The van der Waals surface area contributed by atoms with E-state index in [0.717, 1.165) is 0 Å². The molecule has 0 aromatic rings. The lowest BCUT2D eigenvalue weighted by Gasteiger charge is -2.36. The molecular formula is C12H17F3N2O2. The normalized spacial score (nSPS) is 29.0. The molecule has 0 aliphatic carbocycles. The summed E-state index contributed by atoms with van der Waals surface area (Å²) in [7, 11) is 0. The highest BCUT2D eigenvalue weighted by Gasteiger charge is 2.43. The summed E-state index contributed by atoms with van der Waals surface area (Å²) < 4.78 is 38.0. The van der Waals surface area contributed by atoms with E-state index in [0.29, 0.717) is 19.4 Å². The third kappa shape index (κ3) is 3.39. The van der Waals surface area contributed by atoms with Gasteiger partial charge in [-0.05, 0) is 19.3 Å². The Morgan fingerprint density at radius 1 is 1.32 bits per heavy atom. The predicted octanol–water partition coefficient (Wildman–Crippen LogP) is 1.31. The minimum atomic E-state index is -4.24. The van der Waals surface area contributed by atoms with Gasteiger partial charge in [0.25, 0.3) is 0 Å². The number of hydrogen-bond acceptors (Lipinski definition) is 2. The first-order valence-electron chi connectivity index (χ1n) is 6.50. The first-order valence-corrected chi connectivity index (χ1v) is 6.50. The van der Waals surface area contributed by atoms with E-state index in [4.69, 9.17) is 0 Å². The maximum absolute atomic E-state index is 12.7. The lowest BCUT2D eigenvalue weighted by Crippen LogP contribution is -2.50. The molecule has 0 saturated carbocycles. The van der Waals surface area contributed by atoms with E-state index >= 15 is 0 Å². The Hall–Kier alpha value is -1.27. The van der Waals surface area contributed by atoms with Crippen molar-refractivity contribution in [3.63, 3.8) is 0 Å². The van der Waals surface area contributed by atoms with Gasteiger partial charge in [0.1, 0.15) is 0 Å². The number of nitrogens with zero attached hydrogens (tertiary/aromatic N) is 1. The predicted molar refractivity (Wildman–Crippen MR) is 61.1 cm³/mol. The highest BCUT2D eigenvalue weighted by molar-refractivity contribution is 5.83. The van der Waals surface area contributed by atoms with Crippen molar-refractivity contribution in [1.29, 1.82) is 0 Å². The van der Waals surface area contributed by atoms with Crippen molar-refractivity contribution < 1.29 is 22.8 Å². The molecule has 2 aliphatic heterocycles. The molecule has 2 saturated heterocycles. The van der Waals surface area contributed by atoms with Crippen LogP contribution in [-0.4, -0.2) is 42.5 Å². The van der Waals surface area contributed by atoms with E-state index in [-0.39, 0.29) is 43.7 Å². The topological polar surface area (TPSA) is 49.4 Å². The summed E-state index contributed by atoms with van der Waals surface area (Å²) in [5.41, 5.74) is 0. The molecule has 2 amide bonds. The van der Waals surface area contributed by atoms with Crippen molar-refractivity contribution in [2.45, 2.75) is 31.9 Å². The minimum Gasteiger partial charge on any atom is -0.355 e. The van der Waals surface area contributed by atoms with Gasteiger partial charge in [0.2, 0.25) is 11.8 Å². The maximum atomic E-state index is 12.7. The standard InChI is InChI=1S/C12H17F3N2O2/c13-12(14,15)9-2-1-5-17(7-9)11(19)8-3-4-10(18)16-6-8/h8-9H,1-7H2,(H,16,18)/t8-,9-/m0/s1. The number of carbonyl (C=O) groups is 2. The summed E-state index contributed by atoms with van der Waals surface area (Å²) in [5.74, 6) is -2.14. The lowest BCUT2D eigenvalue weighted by molar-refractivity contribution is -0.188. The first kappa shape index (κ1) is 14.1. The zero-order valence-electron chi connectivity index (χ0n) is 10.5. The number of amides is 2. The van der Waals surface area contributed by atoms with Crippen LogP contribution in [0, 0.1) is 11.8 Å². The van der Waals surface area contributed by atoms with E-state index in [1.807, 2.05) is 0 Å². The smallest absolute Gasteiger partial charge is 0.355 e. The van der Waals surface area contributed by atoms with E-state index in [1.165, 1.54) is 4.90 Å². The van der Waals surface area contributed by atoms with Crippen molar-refractivity contribution in [1.82, 2.24) is 10.2 Å². The first-order chi connectivity index (χ1) is 8.88. The van der Waals surface area contributed by atoms with Crippen molar-refractivity contribution in [2.75, 3.05) is 19.6 Å². The van der Waals surface area contributed by atoms with Gasteiger partial charge in [-0.3, -0.25) is 9.59 Å². The van der Waals surface area contributed by atoms with E-state index in [1.54, 1.807) is 0 Å². The SMILES string of the molecule is O=C1CC[C@H](C(=O)N2CCC[C@H](C(F)(F)F)C2)CN1. The highest BCUT2D eigenvalue weighted by atomic mass is 19.4. The molecule has 108 valence electrons. The lowest BCUT2D eigenvalue weighted by atomic mass is 9.93. The Morgan fingerprint density at radius 3 is 2.63 bits per heavy atom. The van der Waals surface area contributed by atoms with Gasteiger partial charge in [-0.1, -0.05) is 0 Å². The van der Waals surface area contributed by atoms with E-state index in [9.17, 15) is 22.8 Å².